The Balaban J connectivity index is 1.76. The summed E-state index contributed by atoms with van der Waals surface area (Å²) in [5.74, 6) is -0.143. The van der Waals surface area contributed by atoms with Crippen molar-refractivity contribution < 1.29 is 13.2 Å². The van der Waals surface area contributed by atoms with Crippen molar-refractivity contribution in [1.29, 1.82) is 0 Å². The van der Waals surface area contributed by atoms with Crippen molar-refractivity contribution in [3.05, 3.63) is 65.0 Å². The van der Waals surface area contributed by atoms with Crippen LogP contribution in [-0.4, -0.2) is 20.6 Å². The summed E-state index contributed by atoms with van der Waals surface area (Å²) in [7, 11) is -3.34. The van der Waals surface area contributed by atoms with Crippen LogP contribution in [0, 0.1) is 0 Å². The molecular weight excluding hydrogens is 356 g/mol. The highest BCUT2D eigenvalue weighted by Gasteiger charge is 2.14. The van der Waals surface area contributed by atoms with Gasteiger partial charge in [-0.05, 0) is 42.1 Å². The Morgan fingerprint density at radius 3 is 2.56 bits per heavy atom. The van der Waals surface area contributed by atoms with E-state index in [-0.39, 0.29) is 11.9 Å². The van der Waals surface area contributed by atoms with E-state index < -0.39 is 10.0 Å². The van der Waals surface area contributed by atoms with Gasteiger partial charge < -0.3 is 5.32 Å². The predicted molar refractivity (Wildman–Crippen MR) is 103 cm³/mol. The zero-order valence-electron chi connectivity index (χ0n) is 13.8. The second-order valence-electron chi connectivity index (χ2n) is 5.84. The van der Waals surface area contributed by atoms with Crippen LogP contribution in [0.1, 0.15) is 28.2 Å². The van der Waals surface area contributed by atoms with Crippen LogP contribution >= 0.6 is 11.3 Å². The zero-order chi connectivity index (χ0) is 18.0. The van der Waals surface area contributed by atoms with Gasteiger partial charge in [-0.15, -0.1) is 11.3 Å². The molecule has 130 valence electrons. The summed E-state index contributed by atoms with van der Waals surface area (Å²) < 4.78 is 26.2. The molecule has 1 heterocycles. The minimum Gasteiger partial charge on any atom is -0.345 e. The van der Waals surface area contributed by atoms with Crippen LogP contribution in [0.5, 0.6) is 0 Å². The van der Waals surface area contributed by atoms with Gasteiger partial charge in [0.1, 0.15) is 0 Å². The van der Waals surface area contributed by atoms with Crippen LogP contribution in [0.2, 0.25) is 0 Å². The van der Waals surface area contributed by atoms with Crippen molar-refractivity contribution in [2.75, 3.05) is 11.0 Å². The quantitative estimate of drug-likeness (QED) is 0.714. The average molecular weight is 374 g/mol. The number of benzene rings is 2. The molecule has 25 heavy (non-hydrogen) atoms. The van der Waals surface area contributed by atoms with Gasteiger partial charge in [-0.2, -0.15) is 0 Å². The fourth-order valence-electron chi connectivity index (χ4n) is 2.53. The van der Waals surface area contributed by atoms with Gasteiger partial charge in [-0.25, -0.2) is 8.42 Å². The van der Waals surface area contributed by atoms with Gasteiger partial charge in [0.05, 0.1) is 17.2 Å². The summed E-state index contributed by atoms with van der Waals surface area (Å²) >= 11 is 1.45. The molecule has 0 radical (unpaired) electrons. The average Bonchev–Trinajstić information content (AvgIpc) is 2.97. The first-order valence-electron chi connectivity index (χ1n) is 7.69. The van der Waals surface area contributed by atoms with E-state index in [0.29, 0.717) is 10.6 Å². The molecule has 0 saturated carbocycles. The Bertz CT molecular complexity index is 992. The maximum atomic E-state index is 12.5. The highest BCUT2D eigenvalue weighted by molar-refractivity contribution is 7.92. The fraction of sp³-hybridized carbons (Fsp3) is 0.167. The molecule has 0 fully saturated rings. The smallest absolute Gasteiger partial charge is 0.261 e. The molecule has 0 aliphatic carbocycles. The molecule has 2 N–H and O–H groups in total. The summed E-state index contributed by atoms with van der Waals surface area (Å²) in [5.41, 5.74) is 1.30. The Labute approximate surface area is 150 Å². The second-order valence-corrected chi connectivity index (χ2v) is 8.68. The minimum absolute atomic E-state index is 0.143. The van der Waals surface area contributed by atoms with Crippen molar-refractivity contribution >= 4 is 43.0 Å². The molecular formula is C18H18N2O3S2. The monoisotopic (exact) mass is 374 g/mol. The van der Waals surface area contributed by atoms with E-state index in [0.717, 1.165) is 21.9 Å². The number of nitrogens with one attached hydrogen (secondary N) is 2. The third-order valence-corrected chi connectivity index (χ3v) is 5.41. The van der Waals surface area contributed by atoms with Gasteiger partial charge in [-0.3, -0.25) is 9.52 Å². The maximum absolute atomic E-state index is 12.5. The lowest BCUT2D eigenvalue weighted by molar-refractivity contribution is 0.0944. The van der Waals surface area contributed by atoms with Crippen molar-refractivity contribution in [2.45, 2.75) is 13.0 Å². The van der Waals surface area contributed by atoms with Crippen LogP contribution < -0.4 is 10.0 Å². The standard InChI is InChI=1S/C18H18N2O3S2/c1-12(13-7-5-8-15(10-13)20-25(2,22)23)19-18(21)17-11-14-6-3-4-9-16(14)24-17/h3-12,20H,1-2H3,(H,19,21). The molecule has 7 heteroatoms. The minimum atomic E-state index is -3.34. The normalized spacial score (nSPS) is 12.7. The van der Waals surface area contributed by atoms with E-state index in [9.17, 15) is 13.2 Å². The molecule has 3 aromatic rings. The molecule has 0 aliphatic heterocycles. The number of sulfonamides is 1. The molecule has 0 aliphatic rings. The third kappa shape index (κ3) is 4.37. The van der Waals surface area contributed by atoms with Crippen LogP contribution in [0.3, 0.4) is 0 Å². The number of amides is 1. The first-order valence-corrected chi connectivity index (χ1v) is 10.4. The zero-order valence-corrected chi connectivity index (χ0v) is 15.4. The third-order valence-electron chi connectivity index (χ3n) is 3.69. The van der Waals surface area contributed by atoms with E-state index in [2.05, 4.69) is 10.0 Å². The number of carbonyl (C=O) groups is 1. The first kappa shape index (κ1) is 17.4. The molecule has 1 unspecified atom stereocenters. The summed E-state index contributed by atoms with van der Waals surface area (Å²) in [4.78, 5) is 13.2. The van der Waals surface area contributed by atoms with E-state index in [4.69, 9.17) is 0 Å². The van der Waals surface area contributed by atoms with E-state index in [1.807, 2.05) is 43.3 Å². The fourth-order valence-corrected chi connectivity index (χ4v) is 4.05. The molecule has 0 bridgehead atoms. The Kier molecular flexibility index (Phi) is 4.78. The highest BCUT2D eigenvalue weighted by Crippen LogP contribution is 2.26. The maximum Gasteiger partial charge on any atom is 0.261 e. The summed E-state index contributed by atoms with van der Waals surface area (Å²) in [6.45, 7) is 1.87. The number of hydrogen-bond donors (Lipinski definition) is 2. The Morgan fingerprint density at radius 1 is 1.08 bits per heavy atom. The number of thiophene rings is 1. The summed E-state index contributed by atoms with van der Waals surface area (Å²) in [5, 5.41) is 4.00. The number of fused-ring (bicyclic) bond motifs is 1. The number of anilines is 1. The Hall–Kier alpha value is -2.38. The van der Waals surface area contributed by atoms with Crippen molar-refractivity contribution in [3.63, 3.8) is 0 Å². The van der Waals surface area contributed by atoms with Crippen LogP contribution in [-0.2, 0) is 10.0 Å². The lowest BCUT2D eigenvalue weighted by Crippen LogP contribution is -2.26. The van der Waals surface area contributed by atoms with E-state index in [1.165, 1.54) is 11.3 Å². The lowest BCUT2D eigenvalue weighted by Gasteiger charge is -2.15. The Morgan fingerprint density at radius 2 is 1.84 bits per heavy atom. The van der Waals surface area contributed by atoms with Gasteiger partial charge >= 0.3 is 0 Å². The van der Waals surface area contributed by atoms with Gasteiger partial charge in [-0.1, -0.05) is 30.3 Å². The van der Waals surface area contributed by atoms with Gasteiger partial charge in [0.15, 0.2) is 0 Å². The topological polar surface area (TPSA) is 75.3 Å². The molecule has 5 nitrogen and oxygen atoms in total. The molecule has 3 rings (SSSR count). The van der Waals surface area contributed by atoms with E-state index in [1.54, 1.807) is 18.2 Å². The summed E-state index contributed by atoms with van der Waals surface area (Å²) in [6.07, 6.45) is 1.10. The van der Waals surface area contributed by atoms with Crippen molar-refractivity contribution in [3.8, 4) is 0 Å². The molecule has 1 aromatic heterocycles. The lowest BCUT2D eigenvalue weighted by atomic mass is 10.1. The van der Waals surface area contributed by atoms with Crippen molar-refractivity contribution in [1.82, 2.24) is 5.32 Å². The van der Waals surface area contributed by atoms with Crippen LogP contribution in [0.25, 0.3) is 10.1 Å². The van der Waals surface area contributed by atoms with Gasteiger partial charge in [0.2, 0.25) is 10.0 Å². The molecule has 0 spiro atoms. The molecule has 2 aromatic carbocycles. The number of carbonyl (C=O) groups excluding carboxylic acids is 1. The van der Waals surface area contributed by atoms with Crippen LogP contribution in [0.15, 0.2) is 54.6 Å². The largest absolute Gasteiger partial charge is 0.345 e. The number of hydrogen-bond acceptors (Lipinski definition) is 4. The molecule has 0 saturated heterocycles. The predicted octanol–water partition coefficient (Wildman–Crippen LogP) is 3.76. The summed E-state index contributed by atoms with van der Waals surface area (Å²) in [6, 6.07) is 16.5. The highest BCUT2D eigenvalue weighted by atomic mass is 32.2. The molecule has 1 amide bonds. The van der Waals surface area contributed by atoms with Crippen molar-refractivity contribution in [2.24, 2.45) is 0 Å². The number of rotatable bonds is 5. The van der Waals surface area contributed by atoms with Gasteiger partial charge in [0, 0.05) is 10.4 Å². The molecule has 1 atom stereocenters. The second kappa shape index (κ2) is 6.85. The van der Waals surface area contributed by atoms with Crippen LogP contribution in [0.4, 0.5) is 5.69 Å². The first-order chi connectivity index (χ1) is 11.8. The van der Waals surface area contributed by atoms with E-state index >= 15 is 0 Å². The van der Waals surface area contributed by atoms with Gasteiger partial charge in [0.25, 0.3) is 5.91 Å². The SMILES string of the molecule is CC(NC(=O)c1cc2ccccc2s1)c1cccc(NS(C)(=O)=O)c1.